The van der Waals surface area contributed by atoms with Crippen LogP contribution in [0.5, 0.6) is 5.75 Å². The Morgan fingerprint density at radius 2 is 1.97 bits per heavy atom. The zero-order valence-electron chi connectivity index (χ0n) is 17.1. The van der Waals surface area contributed by atoms with Crippen LogP contribution in [-0.2, 0) is 7.05 Å². The molecule has 9 heteroatoms. The number of nitro groups is 1. The lowest BCUT2D eigenvalue weighted by Gasteiger charge is -2.11. The minimum atomic E-state index is -0.538. The van der Waals surface area contributed by atoms with Crippen molar-refractivity contribution >= 4 is 28.2 Å². The van der Waals surface area contributed by atoms with Crippen molar-refractivity contribution in [3.63, 3.8) is 0 Å². The zero-order chi connectivity index (χ0) is 22.1. The molecule has 2 aromatic heterocycles. The summed E-state index contributed by atoms with van der Waals surface area (Å²) in [5.74, 6) is -0.139. The number of carbonyl (C=O) groups is 1. The van der Waals surface area contributed by atoms with Gasteiger partial charge in [-0.25, -0.2) is 4.98 Å². The predicted octanol–water partition coefficient (Wildman–Crippen LogP) is 4.11. The van der Waals surface area contributed by atoms with Gasteiger partial charge in [-0.1, -0.05) is 18.2 Å². The molecule has 0 saturated carbocycles. The molecule has 0 bridgehead atoms. The minimum Gasteiger partial charge on any atom is -0.496 e. The fourth-order valence-electron chi connectivity index (χ4n) is 3.43. The Bertz CT molecular complexity index is 1330. The number of anilines is 1. The molecule has 2 heterocycles. The number of ether oxygens (including phenoxy) is 1. The van der Waals surface area contributed by atoms with Crippen LogP contribution in [0.25, 0.3) is 22.2 Å². The Balaban J connectivity index is 1.80. The Kier molecular flexibility index (Phi) is 5.08. The molecule has 1 N–H and O–H groups in total. The van der Waals surface area contributed by atoms with Crippen molar-refractivity contribution in [1.82, 2.24) is 14.8 Å². The van der Waals surface area contributed by atoms with E-state index < -0.39 is 10.8 Å². The van der Waals surface area contributed by atoms with Gasteiger partial charge < -0.3 is 10.1 Å². The first-order chi connectivity index (χ1) is 14.9. The normalized spacial score (nSPS) is 10.8. The summed E-state index contributed by atoms with van der Waals surface area (Å²) in [6.45, 7) is 1.88. The number of rotatable bonds is 5. The highest BCUT2D eigenvalue weighted by molar-refractivity contribution is 6.13. The number of pyridine rings is 1. The van der Waals surface area contributed by atoms with Crippen molar-refractivity contribution in [3.8, 4) is 17.0 Å². The number of amides is 1. The number of aryl methyl sites for hydroxylation is 2. The molecule has 0 aliphatic rings. The first-order valence-corrected chi connectivity index (χ1v) is 9.41. The van der Waals surface area contributed by atoms with E-state index in [1.807, 2.05) is 44.4 Å². The van der Waals surface area contributed by atoms with Crippen molar-refractivity contribution in [2.24, 2.45) is 7.05 Å². The summed E-state index contributed by atoms with van der Waals surface area (Å²) in [5.41, 5.74) is 3.36. The van der Waals surface area contributed by atoms with E-state index in [-0.39, 0.29) is 17.1 Å². The van der Waals surface area contributed by atoms with Crippen LogP contribution < -0.4 is 10.1 Å². The molecule has 0 spiro atoms. The molecule has 0 unspecified atom stereocenters. The lowest BCUT2D eigenvalue weighted by molar-refractivity contribution is -0.384. The Morgan fingerprint density at radius 1 is 1.19 bits per heavy atom. The van der Waals surface area contributed by atoms with Crippen LogP contribution in [0.4, 0.5) is 11.4 Å². The van der Waals surface area contributed by atoms with Gasteiger partial charge in [0.15, 0.2) is 0 Å². The van der Waals surface area contributed by atoms with Crippen LogP contribution >= 0.6 is 0 Å². The van der Waals surface area contributed by atoms with Crippen LogP contribution in [0.2, 0.25) is 0 Å². The van der Waals surface area contributed by atoms with Crippen molar-refractivity contribution in [2.75, 3.05) is 12.4 Å². The summed E-state index contributed by atoms with van der Waals surface area (Å²) in [6.07, 6.45) is 1.85. The van der Waals surface area contributed by atoms with Crippen molar-refractivity contribution < 1.29 is 14.5 Å². The smallest absolute Gasteiger partial charge is 0.275 e. The topological polar surface area (TPSA) is 112 Å². The van der Waals surface area contributed by atoms with Gasteiger partial charge >= 0.3 is 0 Å². The average molecular weight is 417 g/mol. The van der Waals surface area contributed by atoms with Gasteiger partial charge in [-0.2, -0.15) is 5.10 Å². The summed E-state index contributed by atoms with van der Waals surface area (Å²) < 4.78 is 6.81. The summed E-state index contributed by atoms with van der Waals surface area (Å²) in [7, 11) is 3.23. The number of benzene rings is 2. The molecule has 2 aromatic carbocycles. The monoisotopic (exact) mass is 417 g/mol. The van der Waals surface area contributed by atoms with Gasteiger partial charge in [0, 0.05) is 36.3 Å². The molecule has 0 fully saturated rings. The van der Waals surface area contributed by atoms with E-state index in [2.05, 4.69) is 10.4 Å². The zero-order valence-corrected chi connectivity index (χ0v) is 17.1. The first-order valence-electron chi connectivity index (χ1n) is 9.41. The first kappa shape index (κ1) is 20.0. The molecule has 4 rings (SSSR count). The summed E-state index contributed by atoms with van der Waals surface area (Å²) in [4.78, 5) is 28.6. The van der Waals surface area contributed by atoms with E-state index >= 15 is 0 Å². The van der Waals surface area contributed by atoms with Crippen LogP contribution in [0.1, 0.15) is 16.1 Å². The standard InChI is InChI=1S/C22H19N5O4/c1-13-19(12-26(2)25-13)21-11-18(17-6-4-5-7-20(17)24-21)22(28)23-14-8-15(27(29)30)10-16(9-14)31-3/h4-12H,1-3H3,(H,23,28). The number of hydrogen-bond donors (Lipinski definition) is 1. The van der Waals surface area contributed by atoms with E-state index in [1.54, 1.807) is 10.7 Å². The summed E-state index contributed by atoms with van der Waals surface area (Å²) in [6, 6.07) is 13.1. The lowest BCUT2D eigenvalue weighted by Crippen LogP contribution is -2.13. The number of aromatic nitrogens is 3. The fraction of sp³-hybridized carbons (Fsp3) is 0.136. The Hall–Kier alpha value is -4.27. The van der Waals surface area contributed by atoms with E-state index in [4.69, 9.17) is 9.72 Å². The quantitative estimate of drug-likeness (QED) is 0.386. The molecule has 156 valence electrons. The number of hydrogen-bond acceptors (Lipinski definition) is 6. The van der Waals surface area contributed by atoms with Crippen molar-refractivity contribution in [3.05, 3.63) is 76.1 Å². The maximum Gasteiger partial charge on any atom is 0.275 e. The van der Waals surface area contributed by atoms with Crippen molar-refractivity contribution in [1.29, 1.82) is 0 Å². The molecule has 4 aromatic rings. The van der Waals surface area contributed by atoms with E-state index in [0.717, 1.165) is 11.3 Å². The third-order valence-corrected chi connectivity index (χ3v) is 4.85. The van der Waals surface area contributed by atoms with Crippen LogP contribution in [-0.4, -0.2) is 32.7 Å². The van der Waals surface area contributed by atoms with Gasteiger partial charge in [-0.15, -0.1) is 0 Å². The van der Waals surface area contributed by atoms with Gasteiger partial charge in [0.05, 0.1) is 46.3 Å². The molecule has 9 nitrogen and oxygen atoms in total. The molecule has 0 saturated heterocycles. The van der Waals surface area contributed by atoms with Gasteiger partial charge in [-0.05, 0) is 19.1 Å². The number of fused-ring (bicyclic) bond motifs is 1. The van der Waals surface area contributed by atoms with E-state index in [9.17, 15) is 14.9 Å². The van der Waals surface area contributed by atoms with Gasteiger partial charge in [0.2, 0.25) is 0 Å². The third kappa shape index (κ3) is 3.93. The number of carbonyl (C=O) groups excluding carboxylic acids is 1. The average Bonchev–Trinajstić information content (AvgIpc) is 3.10. The number of nitrogens with one attached hydrogen (secondary N) is 1. The summed E-state index contributed by atoms with van der Waals surface area (Å²) in [5, 5.41) is 19.0. The molecular weight excluding hydrogens is 398 g/mol. The second kappa shape index (κ2) is 7.86. The fourth-order valence-corrected chi connectivity index (χ4v) is 3.43. The minimum absolute atomic E-state index is 0.180. The van der Waals surface area contributed by atoms with Crippen LogP contribution in [0.15, 0.2) is 54.7 Å². The second-order valence-corrected chi connectivity index (χ2v) is 7.01. The number of nitro benzene ring substituents is 1. The van der Waals surface area contributed by atoms with Crippen molar-refractivity contribution in [2.45, 2.75) is 6.92 Å². The lowest BCUT2D eigenvalue weighted by atomic mass is 10.0. The predicted molar refractivity (Wildman–Crippen MR) is 116 cm³/mol. The number of nitrogens with zero attached hydrogens (tertiary/aromatic N) is 4. The molecule has 0 aliphatic heterocycles. The number of para-hydroxylation sites is 1. The van der Waals surface area contributed by atoms with Gasteiger partial charge in [0.1, 0.15) is 5.75 Å². The molecule has 1 amide bonds. The molecule has 0 aliphatic carbocycles. The van der Waals surface area contributed by atoms with Crippen LogP contribution in [0, 0.1) is 17.0 Å². The second-order valence-electron chi connectivity index (χ2n) is 7.01. The number of non-ortho nitro benzene ring substituents is 1. The highest BCUT2D eigenvalue weighted by Crippen LogP contribution is 2.29. The Morgan fingerprint density at radius 3 is 2.65 bits per heavy atom. The Labute approximate surface area is 177 Å². The summed E-state index contributed by atoms with van der Waals surface area (Å²) >= 11 is 0. The highest BCUT2D eigenvalue weighted by atomic mass is 16.6. The molecule has 31 heavy (non-hydrogen) atoms. The molecular formula is C22H19N5O4. The number of methoxy groups -OCH3 is 1. The highest BCUT2D eigenvalue weighted by Gasteiger charge is 2.18. The maximum atomic E-state index is 13.2. The molecule has 0 atom stereocenters. The SMILES string of the molecule is COc1cc(NC(=O)c2cc(-c3cn(C)nc3C)nc3ccccc23)cc([N+](=O)[O-])c1. The maximum absolute atomic E-state index is 13.2. The third-order valence-electron chi connectivity index (χ3n) is 4.85. The van der Waals surface area contributed by atoms with E-state index in [0.29, 0.717) is 22.2 Å². The molecule has 0 radical (unpaired) electrons. The largest absolute Gasteiger partial charge is 0.496 e. The van der Waals surface area contributed by atoms with E-state index in [1.165, 1.54) is 25.3 Å². The van der Waals surface area contributed by atoms with Gasteiger partial charge in [0.25, 0.3) is 11.6 Å². The van der Waals surface area contributed by atoms with Crippen LogP contribution in [0.3, 0.4) is 0 Å². The van der Waals surface area contributed by atoms with Gasteiger partial charge in [-0.3, -0.25) is 19.6 Å².